The van der Waals surface area contributed by atoms with E-state index in [-0.39, 0.29) is 11.9 Å². The fraction of sp³-hybridized carbons (Fsp3) is 0.480. The van der Waals surface area contributed by atoms with Gasteiger partial charge in [-0.05, 0) is 69.4 Å². The van der Waals surface area contributed by atoms with Crippen LogP contribution in [-0.2, 0) is 11.3 Å². The number of amides is 1. The van der Waals surface area contributed by atoms with Crippen molar-refractivity contribution in [3.8, 4) is 5.75 Å². The monoisotopic (exact) mass is 460 g/mol. The van der Waals surface area contributed by atoms with Crippen molar-refractivity contribution < 1.29 is 18.7 Å². The summed E-state index contributed by atoms with van der Waals surface area (Å²) in [6, 6.07) is 11.1. The van der Waals surface area contributed by atoms with E-state index in [1.165, 1.54) is 11.6 Å². The molecule has 1 saturated heterocycles. The third kappa shape index (κ3) is 5.29. The van der Waals surface area contributed by atoms with E-state index < -0.39 is 5.60 Å². The highest BCUT2D eigenvalue weighted by Gasteiger charge is 2.28. The minimum Gasteiger partial charge on any atom is -0.490 e. The van der Waals surface area contributed by atoms with Gasteiger partial charge in [-0.2, -0.15) is 0 Å². The number of carbonyl (C=O) groups excluding carboxylic acids is 1. The molecule has 0 aliphatic carbocycles. The molecule has 0 radical (unpaired) electrons. The maximum atomic E-state index is 14.4. The largest absolute Gasteiger partial charge is 0.490 e. The molecule has 4 rings (SSSR count). The first kappa shape index (κ1) is 22.7. The molecule has 2 aliphatic heterocycles. The fourth-order valence-electron chi connectivity index (χ4n) is 4.29. The highest BCUT2D eigenvalue weighted by molar-refractivity contribution is 6.30. The zero-order valence-electron chi connectivity index (χ0n) is 18.9. The molecule has 172 valence electrons. The fourth-order valence-corrected chi connectivity index (χ4v) is 4.44. The lowest BCUT2D eigenvalue weighted by Gasteiger charge is -2.35. The number of carbonyl (C=O) groups is 1. The van der Waals surface area contributed by atoms with Crippen molar-refractivity contribution in [2.45, 2.75) is 51.7 Å². The number of anilines is 1. The Morgan fingerprint density at radius 2 is 1.91 bits per heavy atom. The number of likely N-dealkylation sites (tertiary alicyclic amines) is 1. The Hall–Kier alpha value is -2.47. The van der Waals surface area contributed by atoms with Crippen molar-refractivity contribution >= 4 is 23.4 Å². The van der Waals surface area contributed by atoms with E-state index in [0.29, 0.717) is 49.3 Å². The summed E-state index contributed by atoms with van der Waals surface area (Å²) in [5, 5.41) is 0.397. The van der Waals surface area contributed by atoms with Crippen LogP contribution in [0.3, 0.4) is 0 Å². The van der Waals surface area contributed by atoms with E-state index in [1.54, 1.807) is 17.0 Å². The Labute approximate surface area is 194 Å². The van der Waals surface area contributed by atoms with Crippen molar-refractivity contribution in [2.24, 2.45) is 0 Å². The van der Waals surface area contributed by atoms with Crippen LogP contribution in [0.25, 0.3) is 0 Å². The molecular weight excluding hydrogens is 431 g/mol. The molecule has 5 nitrogen and oxygen atoms in total. The van der Waals surface area contributed by atoms with Gasteiger partial charge in [0.05, 0.1) is 12.2 Å². The first-order chi connectivity index (χ1) is 15.2. The Balaban J connectivity index is 1.46. The summed E-state index contributed by atoms with van der Waals surface area (Å²) in [5.74, 6) is 0.881. The number of benzene rings is 2. The molecule has 2 aromatic carbocycles. The Bertz CT molecular complexity index is 984. The van der Waals surface area contributed by atoms with Crippen LogP contribution in [-0.4, -0.2) is 42.8 Å². The zero-order valence-corrected chi connectivity index (χ0v) is 19.6. The Kier molecular flexibility index (Phi) is 6.52. The second-order valence-corrected chi connectivity index (χ2v) is 9.91. The molecule has 0 aromatic heterocycles. The molecule has 0 N–H and O–H groups in total. The molecule has 0 spiro atoms. The SMILES string of the molecule is CC(C)(C)OC(=O)N1CCC(c2ccc3c(c2)N(Cc2ccc(Cl)cc2F)CCO3)CC1. The highest BCUT2D eigenvalue weighted by atomic mass is 35.5. The van der Waals surface area contributed by atoms with E-state index in [1.807, 2.05) is 26.8 Å². The van der Waals surface area contributed by atoms with Crippen LogP contribution < -0.4 is 9.64 Å². The number of fused-ring (bicyclic) bond motifs is 1. The molecule has 2 aromatic rings. The van der Waals surface area contributed by atoms with Crippen molar-refractivity contribution in [1.82, 2.24) is 4.90 Å². The molecule has 2 aliphatic rings. The maximum absolute atomic E-state index is 14.4. The zero-order chi connectivity index (χ0) is 22.9. The third-order valence-corrected chi connectivity index (χ3v) is 6.17. The predicted molar refractivity (Wildman–Crippen MR) is 124 cm³/mol. The normalized spacial score (nSPS) is 17.0. The third-order valence-electron chi connectivity index (χ3n) is 5.94. The summed E-state index contributed by atoms with van der Waals surface area (Å²) < 4.78 is 25.7. The second kappa shape index (κ2) is 9.18. The minimum atomic E-state index is -0.487. The van der Waals surface area contributed by atoms with Crippen LogP contribution in [0.5, 0.6) is 5.75 Å². The highest BCUT2D eigenvalue weighted by Crippen LogP contribution is 2.38. The van der Waals surface area contributed by atoms with Crippen molar-refractivity contribution in [3.63, 3.8) is 0 Å². The summed E-state index contributed by atoms with van der Waals surface area (Å²) in [6.07, 6.45) is 1.51. The molecule has 0 bridgehead atoms. The summed E-state index contributed by atoms with van der Waals surface area (Å²) in [5.41, 5.74) is 2.33. The van der Waals surface area contributed by atoms with Crippen molar-refractivity contribution in [2.75, 3.05) is 31.1 Å². The molecule has 1 amide bonds. The topological polar surface area (TPSA) is 42.0 Å². The first-order valence-corrected chi connectivity index (χ1v) is 11.5. The van der Waals surface area contributed by atoms with E-state index in [2.05, 4.69) is 17.0 Å². The van der Waals surface area contributed by atoms with E-state index >= 15 is 0 Å². The van der Waals surface area contributed by atoms with Gasteiger partial charge in [0.25, 0.3) is 0 Å². The van der Waals surface area contributed by atoms with Crippen LogP contribution in [0.4, 0.5) is 14.9 Å². The number of hydrogen-bond acceptors (Lipinski definition) is 4. The number of nitrogens with zero attached hydrogens (tertiary/aromatic N) is 2. The summed E-state index contributed by atoms with van der Waals surface area (Å²) in [7, 11) is 0. The van der Waals surface area contributed by atoms with Gasteiger partial charge in [0, 0.05) is 30.2 Å². The molecular formula is C25H30ClFN2O3. The van der Waals surface area contributed by atoms with Gasteiger partial charge in [0.2, 0.25) is 0 Å². The minimum absolute atomic E-state index is 0.244. The Morgan fingerprint density at radius 1 is 1.16 bits per heavy atom. The van der Waals surface area contributed by atoms with Crippen LogP contribution in [0, 0.1) is 5.82 Å². The van der Waals surface area contributed by atoms with Gasteiger partial charge in [-0.1, -0.05) is 23.7 Å². The number of halogens is 2. The summed E-state index contributed by atoms with van der Waals surface area (Å²) in [6.45, 7) is 8.71. The standard InChI is InChI=1S/C25H30ClFN2O3/c1-25(2,3)32-24(30)28-10-8-17(9-11-28)18-5-7-23-22(14-18)29(12-13-31-23)16-19-4-6-20(26)15-21(19)27/h4-7,14-15,17H,8-13,16H2,1-3H3. The van der Waals surface area contributed by atoms with Crippen LogP contribution in [0.2, 0.25) is 5.02 Å². The van der Waals surface area contributed by atoms with E-state index in [4.69, 9.17) is 21.1 Å². The molecule has 32 heavy (non-hydrogen) atoms. The van der Waals surface area contributed by atoms with Gasteiger partial charge in [-0.3, -0.25) is 0 Å². The predicted octanol–water partition coefficient (Wildman–Crippen LogP) is 5.99. The summed E-state index contributed by atoms with van der Waals surface area (Å²) in [4.78, 5) is 16.3. The lowest BCUT2D eigenvalue weighted by molar-refractivity contribution is 0.0205. The molecule has 0 atom stereocenters. The number of rotatable bonds is 3. The van der Waals surface area contributed by atoms with Crippen LogP contribution >= 0.6 is 11.6 Å². The van der Waals surface area contributed by atoms with Gasteiger partial charge < -0.3 is 19.3 Å². The molecule has 7 heteroatoms. The number of hydrogen-bond donors (Lipinski definition) is 0. The van der Waals surface area contributed by atoms with Crippen molar-refractivity contribution in [3.05, 3.63) is 58.4 Å². The number of piperidine rings is 1. The van der Waals surface area contributed by atoms with Crippen LogP contribution in [0.15, 0.2) is 36.4 Å². The summed E-state index contributed by atoms with van der Waals surface area (Å²) >= 11 is 5.90. The number of ether oxygens (including phenoxy) is 2. The molecule has 0 unspecified atom stereocenters. The molecule has 0 saturated carbocycles. The lowest BCUT2D eigenvalue weighted by Crippen LogP contribution is -2.41. The Morgan fingerprint density at radius 3 is 2.59 bits per heavy atom. The van der Waals surface area contributed by atoms with Gasteiger partial charge in [-0.15, -0.1) is 0 Å². The van der Waals surface area contributed by atoms with Gasteiger partial charge in [0.1, 0.15) is 23.8 Å². The maximum Gasteiger partial charge on any atom is 0.410 e. The quantitative estimate of drug-likeness (QED) is 0.564. The van der Waals surface area contributed by atoms with Crippen molar-refractivity contribution in [1.29, 1.82) is 0 Å². The average Bonchev–Trinajstić information content (AvgIpc) is 2.74. The smallest absolute Gasteiger partial charge is 0.410 e. The van der Waals surface area contributed by atoms with Crippen LogP contribution in [0.1, 0.15) is 50.7 Å². The van der Waals surface area contributed by atoms with E-state index in [9.17, 15) is 9.18 Å². The van der Waals surface area contributed by atoms with E-state index in [0.717, 1.165) is 24.3 Å². The van der Waals surface area contributed by atoms with Gasteiger partial charge in [0.15, 0.2) is 0 Å². The lowest BCUT2D eigenvalue weighted by atomic mass is 9.89. The second-order valence-electron chi connectivity index (χ2n) is 9.47. The molecule has 2 heterocycles. The van der Waals surface area contributed by atoms with Gasteiger partial charge in [-0.25, -0.2) is 9.18 Å². The average molecular weight is 461 g/mol. The van der Waals surface area contributed by atoms with Gasteiger partial charge >= 0.3 is 6.09 Å². The first-order valence-electron chi connectivity index (χ1n) is 11.1. The molecule has 1 fully saturated rings.